The van der Waals surface area contributed by atoms with Crippen LogP contribution >= 0.6 is 11.3 Å². The van der Waals surface area contributed by atoms with E-state index in [1.807, 2.05) is 6.07 Å². The van der Waals surface area contributed by atoms with E-state index in [0.29, 0.717) is 17.1 Å². The molecule has 0 aliphatic carbocycles. The quantitative estimate of drug-likeness (QED) is 0.799. The van der Waals surface area contributed by atoms with E-state index in [-0.39, 0.29) is 12.5 Å². The first-order valence-electron chi connectivity index (χ1n) is 6.63. The zero-order valence-corrected chi connectivity index (χ0v) is 12.3. The molecule has 5 nitrogen and oxygen atoms in total. The van der Waals surface area contributed by atoms with Crippen LogP contribution in [-0.4, -0.2) is 41.1 Å². The first-order valence-corrected chi connectivity index (χ1v) is 7.45. The van der Waals surface area contributed by atoms with E-state index < -0.39 is 0 Å². The molecule has 0 saturated carbocycles. The number of nitrogen functional groups attached to an aromatic ring is 1. The molecule has 0 aromatic carbocycles. The first-order chi connectivity index (χ1) is 9.65. The fourth-order valence-corrected chi connectivity index (χ4v) is 3.13. The maximum atomic E-state index is 12.4. The molecular weight excluding hydrogens is 274 g/mol. The fourth-order valence-electron chi connectivity index (χ4n) is 2.04. The number of fused-ring (bicyclic) bond motifs is 1. The molecule has 0 aliphatic heterocycles. The number of amides is 1. The summed E-state index contributed by atoms with van der Waals surface area (Å²) in [5.41, 5.74) is 6.60. The van der Waals surface area contributed by atoms with Gasteiger partial charge in [0, 0.05) is 38.0 Å². The van der Waals surface area contributed by atoms with Crippen LogP contribution in [0.15, 0.2) is 18.5 Å². The highest BCUT2D eigenvalue weighted by Gasteiger charge is 2.19. The van der Waals surface area contributed by atoms with Gasteiger partial charge in [-0.3, -0.25) is 9.78 Å². The Labute approximate surface area is 122 Å². The second-order valence-corrected chi connectivity index (χ2v) is 5.78. The number of nitrogens with two attached hydrogens (primary N) is 1. The van der Waals surface area contributed by atoms with Crippen molar-refractivity contribution in [2.45, 2.75) is 19.3 Å². The number of hydrogen-bond donors (Lipinski definition) is 2. The lowest BCUT2D eigenvalue weighted by atomic mass is 10.2. The molecule has 0 atom stereocenters. The zero-order chi connectivity index (χ0) is 14.5. The van der Waals surface area contributed by atoms with Crippen LogP contribution in [0, 0.1) is 0 Å². The molecule has 2 aromatic heterocycles. The van der Waals surface area contributed by atoms with Crippen molar-refractivity contribution in [1.82, 2.24) is 9.88 Å². The number of aliphatic hydroxyl groups is 1. The standard InChI is InChI=1S/C14H19N3O2S/c1-17(7-3-2-4-8-18)14(19)13-12(15)10-5-6-16-9-11(10)20-13/h5-6,9,18H,2-4,7-8,15H2,1H3. The SMILES string of the molecule is CN(CCCCCO)C(=O)c1sc2cnccc2c1N. The number of aliphatic hydroxyl groups excluding tert-OH is 1. The Hall–Kier alpha value is -1.66. The summed E-state index contributed by atoms with van der Waals surface area (Å²) in [5, 5.41) is 9.63. The Morgan fingerprint density at radius 3 is 2.95 bits per heavy atom. The van der Waals surface area contributed by atoms with Gasteiger partial charge in [-0.15, -0.1) is 11.3 Å². The van der Waals surface area contributed by atoms with Crippen molar-refractivity contribution < 1.29 is 9.90 Å². The highest BCUT2D eigenvalue weighted by Crippen LogP contribution is 2.33. The van der Waals surface area contributed by atoms with E-state index in [2.05, 4.69) is 4.98 Å². The van der Waals surface area contributed by atoms with Gasteiger partial charge in [0.25, 0.3) is 5.91 Å². The zero-order valence-electron chi connectivity index (χ0n) is 11.5. The number of rotatable bonds is 6. The van der Waals surface area contributed by atoms with E-state index in [1.54, 1.807) is 24.3 Å². The molecule has 0 spiro atoms. The number of pyridine rings is 1. The van der Waals surface area contributed by atoms with Gasteiger partial charge < -0.3 is 15.7 Å². The van der Waals surface area contributed by atoms with Crippen LogP contribution < -0.4 is 5.73 Å². The molecule has 0 bridgehead atoms. The number of carbonyl (C=O) groups is 1. The van der Waals surface area contributed by atoms with Gasteiger partial charge in [0.1, 0.15) is 4.88 Å². The average Bonchev–Trinajstić information content (AvgIpc) is 2.80. The maximum Gasteiger partial charge on any atom is 0.265 e. The minimum absolute atomic E-state index is 0.0484. The number of carbonyl (C=O) groups excluding carboxylic acids is 1. The van der Waals surface area contributed by atoms with E-state index in [0.717, 1.165) is 29.3 Å². The molecule has 20 heavy (non-hydrogen) atoms. The minimum atomic E-state index is -0.0484. The lowest BCUT2D eigenvalue weighted by Gasteiger charge is -2.16. The lowest BCUT2D eigenvalue weighted by Crippen LogP contribution is -2.27. The van der Waals surface area contributed by atoms with Gasteiger partial charge in [0.2, 0.25) is 0 Å². The summed E-state index contributed by atoms with van der Waals surface area (Å²) < 4.78 is 0.932. The second kappa shape index (κ2) is 6.67. The van der Waals surface area contributed by atoms with Crippen LogP contribution in [-0.2, 0) is 0 Å². The summed E-state index contributed by atoms with van der Waals surface area (Å²) in [6.45, 7) is 0.874. The maximum absolute atomic E-state index is 12.4. The molecule has 3 N–H and O–H groups in total. The summed E-state index contributed by atoms with van der Waals surface area (Å²) in [6, 6.07) is 1.83. The number of hydrogen-bond acceptors (Lipinski definition) is 5. The summed E-state index contributed by atoms with van der Waals surface area (Å²) in [5.74, 6) is -0.0484. The fraction of sp³-hybridized carbons (Fsp3) is 0.429. The van der Waals surface area contributed by atoms with Crippen molar-refractivity contribution in [2.75, 3.05) is 25.9 Å². The van der Waals surface area contributed by atoms with E-state index in [9.17, 15) is 4.79 Å². The molecule has 0 radical (unpaired) electrons. The Bertz CT molecular complexity index is 597. The monoisotopic (exact) mass is 293 g/mol. The molecule has 2 heterocycles. The van der Waals surface area contributed by atoms with E-state index in [4.69, 9.17) is 10.8 Å². The Morgan fingerprint density at radius 2 is 2.25 bits per heavy atom. The van der Waals surface area contributed by atoms with Crippen molar-refractivity contribution >= 4 is 33.0 Å². The topological polar surface area (TPSA) is 79.5 Å². The van der Waals surface area contributed by atoms with Gasteiger partial charge in [-0.1, -0.05) is 0 Å². The predicted molar refractivity (Wildman–Crippen MR) is 81.9 cm³/mol. The Balaban J connectivity index is 2.08. The van der Waals surface area contributed by atoms with Crippen molar-refractivity contribution in [1.29, 1.82) is 0 Å². The molecule has 0 aliphatic rings. The highest BCUT2D eigenvalue weighted by molar-refractivity contribution is 7.21. The lowest BCUT2D eigenvalue weighted by molar-refractivity contribution is 0.0798. The third-order valence-corrected chi connectivity index (χ3v) is 4.37. The molecular formula is C14H19N3O2S. The normalized spacial score (nSPS) is 10.9. The second-order valence-electron chi connectivity index (χ2n) is 4.73. The third-order valence-electron chi connectivity index (χ3n) is 3.22. The van der Waals surface area contributed by atoms with Gasteiger partial charge in [0.15, 0.2) is 0 Å². The molecule has 0 fully saturated rings. The van der Waals surface area contributed by atoms with Gasteiger partial charge >= 0.3 is 0 Å². The predicted octanol–water partition coefficient (Wildman–Crippen LogP) is 2.11. The van der Waals surface area contributed by atoms with Gasteiger partial charge in [-0.25, -0.2) is 0 Å². The Morgan fingerprint density at radius 1 is 1.45 bits per heavy atom. The molecule has 2 aromatic rings. The number of thiophene rings is 1. The molecule has 0 unspecified atom stereocenters. The summed E-state index contributed by atoms with van der Waals surface area (Å²) in [4.78, 5) is 18.7. The van der Waals surface area contributed by atoms with Crippen molar-refractivity contribution in [3.05, 3.63) is 23.3 Å². The Kier molecular flexibility index (Phi) is 4.92. The van der Waals surface area contributed by atoms with E-state index >= 15 is 0 Å². The van der Waals surface area contributed by atoms with Crippen LogP contribution in [0.5, 0.6) is 0 Å². The van der Waals surface area contributed by atoms with E-state index in [1.165, 1.54) is 11.3 Å². The summed E-state index contributed by atoms with van der Waals surface area (Å²) in [7, 11) is 1.78. The van der Waals surface area contributed by atoms with Crippen LogP contribution in [0.3, 0.4) is 0 Å². The summed E-state index contributed by atoms with van der Waals surface area (Å²) >= 11 is 1.39. The number of anilines is 1. The van der Waals surface area contributed by atoms with Gasteiger partial charge in [-0.05, 0) is 25.3 Å². The number of nitrogens with zero attached hydrogens (tertiary/aromatic N) is 2. The third kappa shape index (κ3) is 3.08. The molecule has 6 heteroatoms. The van der Waals surface area contributed by atoms with Crippen LogP contribution in [0.2, 0.25) is 0 Å². The molecule has 108 valence electrons. The molecule has 0 saturated heterocycles. The van der Waals surface area contributed by atoms with Crippen molar-refractivity contribution in [2.24, 2.45) is 0 Å². The average molecular weight is 293 g/mol. The van der Waals surface area contributed by atoms with Gasteiger partial charge in [-0.2, -0.15) is 0 Å². The summed E-state index contributed by atoms with van der Waals surface area (Å²) in [6.07, 6.45) is 5.99. The van der Waals surface area contributed by atoms with Crippen LogP contribution in [0.1, 0.15) is 28.9 Å². The number of unbranched alkanes of at least 4 members (excludes halogenated alkanes) is 2. The van der Waals surface area contributed by atoms with Gasteiger partial charge in [0.05, 0.1) is 10.4 Å². The smallest absolute Gasteiger partial charge is 0.265 e. The van der Waals surface area contributed by atoms with Crippen LogP contribution in [0.25, 0.3) is 10.1 Å². The molecule has 1 amide bonds. The number of aromatic nitrogens is 1. The first kappa shape index (κ1) is 14.7. The largest absolute Gasteiger partial charge is 0.397 e. The van der Waals surface area contributed by atoms with Crippen molar-refractivity contribution in [3.8, 4) is 0 Å². The van der Waals surface area contributed by atoms with Crippen molar-refractivity contribution in [3.63, 3.8) is 0 Å². The highest BCUT2D eigenvalue weighted by atomic mass is 32.1. The van der Waals surface area contributed by atoms with Crippen LogP contribution in [0.4, 0.5) is 5.69 Å². The molecule has 2 rings (SSSR count). The minimum Gasteiger partial charge on any atom is -0.397 e.